The molecule has 0 fully saturated rings. The quantitative estimate of drug-likeness (QED) is 0.830. The maximum absolute atomic E-state index is 5.80. The molecule has 1 aromatic heterocycles. The minimum Gasteiger partial charge on any atom is -0.389 e. The molecular weight excluding hydrogens is 232 g/mol. The van der Waals surface area contributed by atoms with Gasteiger partial charge in [0.05, 0.1) is 11.3 Å². The predicted molar refractivity (Wildman–Crippen MR) is 75.5 cm³/mol. The topological polar surface area (TPSA) is 55.0 Å². The summed E-state index contributed by atoms with van der Waals surface area (Å²) in [5.74, 6) is 0.773. The fourth-order valence-corrected chi connectivity index (χ4v) is 1.86. The SMILES string of the molecule is CCC(C)N(C)c1nnc(C)c(C)c1C(N)=S. The van der Waals surface area contributed by atoms with Crippen LogP contribution in [-0.4, -0.2) is 28.3 Å². The zero-order chi connectivity index (χ0) is 13.2. The highest BCUT2D eigenvalue weighted by molar-refractivity contribution is 7.80. The van der Waals surface area contributed by atoms with Gasteiger partial charge in [-0.25, -0.2) is 0 Å². The molecule has 0 bridgehead atoms. The van der Waals surface area contributed by atoms with Crippen molar-refractivity contribution in [3.05, 3.63) is 16.8 Å². The van der Waals surface area contributed by atoms with Gasteiger partial charge in [-0.15, -0.1) is 5.10 Å². The van der Waals surface area contributed by atoms with E-state index >= 15 is 0 Å². The number of hydrogen-bond donors (Lipinski definition) is 1. The zero-order valence-corrected chi connectivity index (χ0v) is 11.9. The molecule has 0 saturated heterocycles. The Balaban J connectivity index is 3.34. The van der Waals surface area contributed by atoms with E-state index in [9.17, 15) is 0 Å². The number of hydrogen-bond acceptors (Lipinski definition) is 4. The lowest BCUT2D eigenvalue weighted by molar-refractivity contribution is 0.650. The third kappa shape index (κ3) is 2.72. The summed E-state index contributed by atoms with van der Waals surface area (Å²) in [6.07, 6.45) is 1.03. The van der Waals surface area contributed by atoms with Crippen LogP contribution in [0.1, 0.15) is 37.1 Å². The lowest BCUT2D eigenvalue weighted by Crippen LogP contribution is -2.32. The summed E-state index contributed by atoms with van der Waals surface area (Å²) >= 11 is 5.12. The van der Waals surface area contributed by atoms with E-state index in [0.717, 1.165) is 29.1 Å². The van der Waals surface area contributed by atoms with Crippen LogP contribution in [0.15, 0.2) is 0 Å². The Kier molecular flexibility index (Phi) is 4.40. The van der Waals surface area contributed by atoms with E-state index in [2.05, 4.69) is 28.9 Å². The molecule has 94 valence electrons. The second-order valence-corrected chi connectivity index (χ2v) is 4.78. The molecule has 2 N–H and O–H groups in total. The molecule has 1 heterocycles. The highest BCUT2D eigenvalue weighted by atomic mass is 32.1. The van der Waals surface area contributed by atoms with Crippen molar-refractivity contribution < 1.29 is 0 Å². The van der Waals surface area contributed by atoms with E-state index in [4.69, 9.17) is 18.0 Å². The van der Waals surface area contributed by atoms with Crippen molar-refractivity contribution in [2.75, 3.05) is 11.9 Å². The van der Waals surface area contributed by atoms with Gasteiger partial charge >= 0.3 is 0 Å². The maximum atomic E-state index is 5.80. The number of aryl methyl sites for hydroxylation is 1. The smallest absolute Gasteiger partial charge is 0.161 e. The van der Waals surface area contributed by atoms with Crippen LogP contribution in [-0.2, 0) is 0 Å². The first-order chi connectivity index (χ1) is 7.90. The monoisotopic (exact) mass is 252 g/mol. The summed E-state index contributed by atoms with van der Waals surface area (Å²) in [6.45, 7) is 8.17. The fourth-order valence-electron chi connectivity index (χ4n) is 1.62. The Morgan fingerprint density at radius 3 is 2.47 bits per heavy atom. The maximum Gasteiger partial charge on any atom is 0.161 e. The van der Waals surface area contributed by atoms with Crippen LogP contribution < -0.4 is 10.6 Å². The van der Waals surface area contributed by atoms with Gasteiger partial charge in [-0.05, 0) is 32.8 Å². The van der Waals surface area contributed by atoms with Gasteiger partial charge in [-0.2, -0.15) is 5.10 Å². The van der Waals surface area contributed by atoms with Crippen molar-refractivity contribution in [1.82, 2.24) is 10.2 Å². The molecule has 0 aliphatic carbocycles. The average Bonchev–Trinajstić information content (AvgIpc) is 2.29. The molecule has 17 heavy (non-hydrogen) atoms. The molecule has 5 heteroatoms. The molecule has 1 aromatic rings. The summed E-state index contributed by atoms with van der Waals surface area (Å²) in [5, 5.41) is 8.39. The predicted octanol–water partition coefficient (Wildman–Crippen LogP) is 1.96. The minimum atomic E-state index is 0.375. The summed E-state index contributed by atoms with van der Waals surface area (Å²) in [4.78, 5) is 2.46. The van der Waals surface area contributed by atoms with Gasteiger partial charge in [0.1, 0.15) is 4.99 Å². The average molecular weight is 252 g/mol. The van der Waals surface area contributed by atoms with Gasteiger partial charge in [0.25, 0.3) is 0 Å². The van der Waals surface area contributed by atoms with Crippen LogP contribution in [0, 0.1) is 13.8 Å². The van der Waals surface area contributed by atoms with Gasteiger partial charge in [0, 0.05) is 13.1 Å². The number of anilines is 1. The van der Waals surface area contributed by atoms with E-state index in [-0.39, 0.29) is 0 Å². The first-order valence-electron chi connectivity index (χ1n) is 5.76. The normalized spacial score (nSPS) is 12.3. The van der Waals surface area contributed by atoms with E-state index in [0.29, 0.717) is 11.0 Å². The molecule has 0 saturated carbocycles. The van der Waals surface area contributed by atoms with Crippen LogP contribution in [0.25, 0.3) is 0 Å². The first-order valence-corrected chi connectivity index (χ1v) is 6.17. The van der Waals surface area contributed by atoms with Crippen molar-refractivity contribution in [3.8, 4) is 0 Å². The largest absolute Gasteiger partial charge is 0.389 e. The van der Waals surface area contributed by atoms with Crippen molar-refractivity contribution in [2.24, 2.45) is 5.73 Å². The molecule has 4 nitrogen and oxygen atoms in total. The number of thiocarbonyl (C=S) groups is 1. The van der Waals surface area contributed by atoms with Gasteiger partial charge < -0.3 is 10.6 Å². The van der Waals surface area contributed by atoms with Crippen LogP contribution in [0.5, 0.6) is 0 Å². The van der Waals surface area contributed by atoms with E-state index in [1.54, 1.807) is 0 Å². The Morgan fingerprint density at radius 1 is 1.41 bits per heavy atom. The van der Waals surface area contributed by atoms with Crippen LogP contribution in [0.3, 0.4) is 0 Å². The van der Waals surface area contributed by atoms with Crippen LogP contribution in [0.4, 0.5) is 5.82 Å². The molecular formula is C12H20N4S. The summed E-state index contributed by atoms with van der Waals surface area (Å²) < 4.78 is 0. The highest BCUT2D eigenvalue weighted by Crippen LogP contribution is 2.23. The molecule has 1 unspecified atom stereocenters. The first kappa shape index (κ1) is 13.8. The highest BCUT2D eigenvalue weighted by Gasteiger charge is 2.19. The number of aromatic nitrogens is 2. The van der Waals surface area contributed by atoms with E-state index in [1.165, 1.54) is 0 Å². The molecule has 1 atom stereocenters. The lowest BCUT2D eigenvalue weighted by atomic mass is 10.1. The number of rotatable bonds is 4. The second kappa shape index (κ2) is 5.40. The molecule has 0 spiro atoms. The summed E-state index contributed by atoms with van der Waals surface area (Å²) in [7, 11) is 1.99. The van der Waals surface area contributed by atoms with Crippen molar-refractivity contribution in [3.63, 3.8) is 0 Å². The van der Waals surface area contributed by atoms with E-state index < -0.39 is 0 Å². The van der Waals surface area contributed by atoms with Crippen molar-refractivity contribution in [2.45, 2.75) is 40.2 Å². The third-order valence-electron chi connectivity index (χ3n) is 3.27. The zero-order valence-electron chi connectivity index (χ0n) is 11.1. The molecule has 0 radical (unpaired) electrons. The molecule has 0 aliphatic rings. The van der Waals surface area contributed by atoms with Crippen molar-refractivity contribution >= 4 is 23.0 Å². The number of nitrogens with zero attached hydrogens (tertiary/aromatic N) is 3. The summed E-state index contributed by atoms with van der Waals surface area (Å²) in [6, 6.07) is 0.375. The van der Waals surface area contributed by atoms with Crippen LogP contribution in [0.2, 0.25) is 0 Å². The molecule has 0 aromatic carbocycles. The fraction of sp³-hybridized carbons (Fsp3) is 0.583. The Hall–Kier alpha value is -1.23. The number of nitrogens with two attached hydrogens (primary N) is 1. The third-order valence-corrected chi connectivity index (χ3v) is 3.47. The lowest BCUT2D eigenvalue weighted by Gasteiger charge is -2.27. The summed E-state index contributed by atoms with van der Waals surface area (Å²) in [5.41, 5.74) is 8.52. The minimum absolute atomic E-state index is 0.375. The Bertz CT molecular complexity index is 431. The Morgan fingerprint density at radius 2 is 2.00 bits per heavy atom. The van der Waals surface area contributed by atoms with Gasteiger partial charge in [-0.3, -0.25) is 0 Å². The molecule has 0 amide bonds. The molecule has 0 aliphatic heterocycles. The Labute approximate surface area is 108 Å². The van der Waals surface area contributed by atoms with E-state index in [1.807, 2.05) is 20.9 Å². The second-order valence-electron chi connectivity index (χ2n) is 4.34. The van der Waals surface area contributed by atoms with Gasteiger partial charge in [0.15, 0.2) is 5.82 Å². The van der Waals surface area contributed by atoms with Crippen LogP contribution >= 0.6 is 12.2 Å². The molecule has 1 rings (SSSR count). The van der Waals surface area contributed by atoms with Gasteiger partial charge in [-0.1, -0.05) is 19.1 Å². The van der Waals surface area contributed by atoms with Gasteiger partial charge in [0.2, 0.25) is 0 Å². The standard InChI is InChI=1S/C12H20N4S/c1-6-7(2)16(5)12-10(11(13)17)8(3)9(4)14-15-12/h7H,6H2,1-5H3,(H2,13,17). The van der Waals surface area contributed by atoms with Crippen molar-refractivity contribution in [1.29, 1.82) is 0 Å².